The van der Waals surface area contributed by atoms with Gasteiger partial charge in [-0.3, -0.25) is 9.59 Å². The number of carbonyl (C=O) groups is 2. The van der Waals surface area contributed by atoms with E-state index >= 15 is 0 Å². The summed E-state index contributed by atoms with van der Waals surface area (Å²) >= 11 is 0.920. The van der Waals surface area contributed by atoms with E-state index in [0.717, 1.165) is 23.5 Å². The molecule has 0 spiro atoms. The predicted molar refractivity (Wildman–Crippen MR) is 131 cm³/mol. The van der Waals surface area contributed by atoms with Gasteiger partial charge in [-0.2, -0.15) is 0 Å². The van der Waals surface area contributed by atoms with Gasteiger partial charge in [0.1, 0.15) is 29.1 Å². The fraction of sp³-hybridized carbons (Fsp3) is 0.292. The number of aromatic nitrogens is 1. The summed E-state index contributed by atoms with van der Waals surface area (Å²) in [6, 6.07) is 8.39. The number of amides is 2. The Bertz CT molecular complexity index is 1210. The minimum atomic E-state index is -0.998. The van der Waals surface area contributed by atoms with Crippen LogP contribution in [0.15, 0.2) is 36.4 Å². The molecule has 36 heavy (non-hydrogen) atoms. The Morgan fingerprint density at radius 2 is 1.94 bits per heavy atom. The summed E-state index contributed by atoms with van der Waals surface area (Å²) in [5.74, 6) is -2.61. The number of anilines is 2. The van der Waals surface area contributed by atoms with E-state index in [1.54, 1.807) is 25.1 Å². The standard InChI is InChI=1S/C24H26F2N4O5S/c1-2-18(32)13-8-16(25)22(17(26)9-13)19-10-15(23(27)34)24(36-19)30-20-5-3-4-14(29-20)11-35-12-21(33)28-6-7-31/h3-5,8-10,18,31-32H,2,6-7,11-12H2,1H3,(H2,27,34)(H,28,33)(H,29,30). The van der Waals surface area contributed by atoms with Crippen LogP contribution < -0.4 is 16.4 Å². The molecule has 0 radical (unpaired) electrons. The van der Waals surface area contributed by atoms with Gasteiger partial charge >= 0.3 is 0 Å². The number of ether oxygens (including phenoxy) is 1. The normalized spacial score (nSPS) is 11.8. The lowest BCUT2D eigenvalue weighted by atomic mass is 10.0. The highest BCUT2D eigenvalue weighted by atomic mass is 32.1. The average Bonchev–Trinajstić information content (AvgIpc) is 3.25. The van der Waals surface area contributed by atoms with Crippen molar-refractivity contribution >= 4 is 34.0 Å². The summed E-state index contributed by atoms with van der Waals surface area (Å²) < 4.78 is 34.9. The fourth-order valence-corrected chi connectivity index (χ4v) is 4.41. The maximum atomic E-state index is 14.8. The first-order valence-electron chi connectivity index (χ1n) is 11.0. The van der Waals surface area contributed by atoms with Crippen molar-refractivity contribution in [1.29, 1.82) is 0 Å². The van der Waals surface area contributed by atoms with Crippen molar-refractivity contribution in [3.05, 3.63) is 64.9 Å². The molecule has 1 aromatic carbocycles. The first-order valence-corrected chi connectivity index (χ1v) is 11.8. The molecule has 1 atom stereocenters. The highest BCUT2D eigenvalue weighted by Gasteiger charge is 2.22. The Morgan fingerprint density at radius 1 is 1.22 bits per heavy atom. The number of benzene rings is 1. The van der Waals surface area contributed by atoms with Crippen LogP contribution in [0.1, 0.15) is 41.1 Å². The molecule has 0 saturated heterocycles. The highest BCUT2D eigenvalue weighted by Crippen LogP contribution is 2.39. The first kappa shape index (κ1) is 27.1. The molecule has 12 heteroatoms. The van der Waals surface area contributed by atoms with Crippen LogP contribution in [0, 0.1) is 11.6 Å². The number of nitrogens with one attached hydrogen (secondary N) is 2. The molecule has 2 heterocycles. The third-order valence-corrected chi connectivity index (χ3v) is 6.11. The Balaban J connectivity index is 1.80. The second-order valence-corrected chi connectivity index (χ2v) is 8.76. The van der Waals surface area contributed by atoms with E-state index in [9.17, 15) is 23.5 Å². The van der Waals surface area contributed by atoms with E-state index < -0.39 is 23.6 Å². The number of thiophene rings is 1. The molecular weight excluding hydrogens is 494 g/mol. The third-order valence-electron chi connectivity index (χ3n) is 5.05. The van der Waals surface area contributed by atoms with Crippen LogP contribution in [-0.2, 0) is 16.1 Å². The number of pyridine rings is 1. The number of nitrogens with two attached hydrogens (primary N) is 1. The summed E-state index contributed by atoms with van der Waals surface area (Å²) in [6.07, 6.45) is -0.701. The van der Waals surface area contributed by atoms with Crippen LogP contribution in [0.4, 0.5) is 19.6 Å². The fourth-order valence-electron chi connectivity index (χ4n) is 3.29. The van der Waals surface area contributed by atoms with Crippen molar-refractivity contribution in [2.45, 2.75) is 26.1 Å². The number of halogens is 2. The van der Waals surface area contributed by atoms with Gasteiger partial charge in [0.25, 0.3) is 5.91 Å². The number of carbonyl (C=O) groups excluding carboxylic acids is 2. The molecule has 9 nitrogen and oxygen atoms in total. The molecule has 6 N–H and O–H groups in total. The zero-order chi connectivity index (χ0) is 26.2. The Kier molecular flexibility index (Phi) is 9.42. The van der Waals surface area contributed by atoms with Gasteiger partial charge in [0.05, 0.1) is 36.1 Å². The number of rotatable bonds is 12. The van der Waals surface area contributed by atoms with E-state index in [-0.39, 0.29) is 58.8 Å². The zero-order valence-corrected chi connectivity index (χ0v) is 20.2. The van der Waals surface area contributed by atoms with Gasteiger partial charge in [0, 0.05) is 11.4 Å². The third kappa shape index (κ3) is 6.82. The highest BCUT2D eigenvalue weighted by molar-refractivity contribution is 7.20. The van der Waals surface area contributed by atoms with Gasteiger partial charge in [-0.1, -0.05) is 13.0 Å². The van der Waals surface area contributed by atoms with E-state index in [1.165, 1.54) is 6.07 Å². The number of hydrogen-bond acceptors (Lipinski definition) is 8. The number of nitrogens with zero attached hydrogens (tertiary/aromatic N) is 1. The summed E-state index contributed by atoms with van der Waals surface area (Å²) in [7, 11) is 0. The molecule has 0 aliphatic heterocycles. The van der Waals surface area contributed by atoms with Gasteiger partial charge in [0.15, 0.2) is 0 Å². The number of hydrogen-bond donors (Lipinski definition) is 5. The van der Waals surface area contributed by atoms with Crippen molar-refractivity contribution in [3.63, 3.8) is 0 Å². The molecule has 0 aliphatic rings. The lowest BCUT2D eigenvalue weighted by Crippen LogP contribution is -2.29. The SMILES string of the molecule is CCC(O)c1cc(F)c(-c2cc(C(N)=O)c(Nc3cccc(COCC(=O)NCCO)n3)s2)c(F)c1. The van der Waals surface area contributed by atoms with Gasteiger partial charge < -0.3 is 31.3 Å². The van der Waals surface area contributed by atoms with Gasteiger partial charge in [-0.15, -0.1) is 11.3 Å². The largest absolute Gasteiger partial charge is 0.395 e. The van der Waals surface area contributed by atoms with Crippen LogP contribution >= 0.6 is 11.3 Å². The predicted octanol–water partition coefficient (Wildman–Crippen LogP) is 3.00. The van der Waals surface area contributed by atoms with Crippen molar-refractivity contribution in [2.75, 3.05) is 25.1 Å². The minimum Gasteiger partial charge on any atom is -0.395 e. The lowest BCUT2D eigenvalue weighted by molar-refractivity contribution is -0.126. The molecule has 2 aromatic heterocycles. The van der Waals surface area contributed by atoms with Gasteiger partial charge in [0.2, 0.25) is 5.91 Å². The number of primary amides is 1. The molecule has 0 saturated carbocycles. The molecule has 0 bridgehead atoms. The quantitative estimate of drug-likeness (QED) is 0.247. The zero-order valence-electron chi connectivity index (χ0n) is 19.4. The summed E-state index contributed by atoms with van der Waals surface area (Å²) in [5.41, 5.74) is 5.78. The molecule has 0 aliphatic carbocycles. The number of aliphatic hydroxyl groups is 2. The Hall–Kier alpha value is -3.45. The molecular formula is C24H26F2N4O5S. The topological polar surface area (TPSA) is 147 Å². The molecule has 192 valence electrons. The van der Waals surface area contributed by atoms with Crippen LogP contribution in [0.2, 0.25) is 0 Å². The monoisotopic (exact) mass is 520 g/mol. The van der Waals surface area contributed by atoms with Crippen molar-refractivity contribution in [1.82, 2.24) is 10.3 Å². The van der Waals surface area contributed by atoms with Crippen LogP contribution in [0.5, 0.6) is 0 Å². The van der Waals surface area contributed by atoms with Gasteiger partial charge in [-0.05, 0) is 42.3 Å². The molecule has 2 amide bonds. The van der Waals surface area contributed by atoms with Crippen molar-refractivity contribution in [3.8, 4) is 10.4 Å². The summed E-state index contributed by atoms with van der Waals surface area (Å²) in [5, 5.41) is 24.3. The van der Waals surface area contributed by atoms with E-state index in [0.29, 0.717) is 17.9 Å². The van der Waals surface area contributed by atoms with E-state index in [4.69, 9.17) is 15.6 Å². The lowest BCUT2D eigenvalue weighted by Gasteiger charge is -2.11. The van der Waals surface area contributed by atoms with E-state index in [2.05, 4.69) is 15.6 Å². The molecule has 3 aromatic rings. The van der Waals surface area contributed by atoms with Crippen LogP contribution in [0.3, 0.4) is 0 Å². The molecule has 0 fully saturated rings. The van der Waals surface area contributed by atoms with Gasteiger partial charge in [-0.25, -0.2) is 13.8 Å². The summed E-state index contributed by atoms with van der Waals surface area (Å²) in [4.78, 5) is 28.1. The smallest absolute Gasteiger partial charge is 0.251 e. The minimum absolute atomic E-state index is 0.0206. The second kappa shape index (κ2) is 12.5. The van der Waals surface area contributed by atoms with Crippen molar-refractivity contribution in [2.24, 2.45) is 5.73 Å². The Labute approximate surface area is 209 Å². The summed E-state index contributed by atoms with van der Waals surface area (Å²) in [6.45, 7) is 1.45. The average molecular weight is 521 g/mol. The maximum Gasteiger partial charge on any atom is 0.251 e. The number of aliphatic hydroxyl groups excluding tert-OH is 2. The molecule has 3 rings (SSSR count). The van der Waals surface area contributed by atoms with Crippen LogP contribution in [0.25, 0.3) is 10.4 Å². The van der Waals surface area contributed by atoms with Crippen molar-refractivity contribution < 1.29 is 33.3 Å². The maximum absolute atomic E-state index is 14.8. The second-order valence-electron chi connectivity index (χ2n) is 7.71. The Morgan fingerprint density at radius 3 is 2.58 bits per heavy atom. The van der Waals surface area contributed by atoms with E-state index in [1.807, 2.05) is 0 Å². The molecule has 1 unspecified atom stereocenters. The first-order chi connectivity index (χ1) is 17.2. The van der Waals surface area contributed by atoms with Crippen LogP contribution in [-0.4, -0.2) is 46.8 Å².